The van der Waals surface area contributed by atoms with E-state index >= 15 is 0 Å². The zero-order chi connectivity index (χ0) is 12.7. The van der Waals surface area contributed by atoms with E-state index in [9.17, 15) is 13.2 Å². The van der Waals surface area contributed by atoms with Crippen LogP contribution in [0, 0.1) is 5.92 Å². The Kier molecular flexibility index (Phi) is 6.12. The fraction of sp³-hybridized carbons (Fsp3) is 0.917. The fourth-order valence-corrected chi connectivity index (χ4v) is 3.56. The number of hydrogen-bond acceptors (Lipinski definition) is 4. The average Bonchev–Trinajstić information content (AvgIpc) is 2.28. The van der Waals surface area contributed by atoms with Gasteiger partial charge in [-0.3, -0.25) is 4.79 Å². The van der Waals surface area contributed by atoms with E-state index < -0.39 is 9.84 Å². The Hall–Kier alpha value is -0.420. The highest BCUT2D eigenvalue weighted by Gasteiger charge is 2.18. The second kappa shape index (κ2) is 7.11. The minimum Gasteiger partial charge on any atom is -0.317 e. The number of Topliss-reactive ketones (excluding diaryl/α,β-unsaturated/α-hetero) is 1. The van der Waals surface area contributed by atoms with Crippen LogP contribution in [0.15, 0.2) is 0 Å². The quantitative estimate of drug-likeness (QED) is 0.747. The summed E-state index contributed by atoms with van der Waals surface area (Å²) in [6.07, 6.45) is 3.46. The normalized spacial score (nSPS) is 18.2. The number of carbonyl (C=O) groups excluding carboxylic acids is 1. The monoisotopic (exact) mass is 261 g/mol. The molecule has 0 unspecified atom stereocenters. The van der Waals surface area contributed by atoms with Crippen LogP contribution in [0.2, 0.25) is 0 Å². The molecule has 1 fully saturated rings. The van der Waals surface area contributed by atoms with Gasteiger partial charge in [0.2, 0.25) is 0 Å². The van der Waals surface area contributed by atoms with Crippen LogP contribution in [-0.4, -0.2) is 38.8 Å². The molecule has 5 heteroatoms. The Labute approximate surface area is 104 Å². The zero-order valence-electron chi connectivity index (χ0n) is 10.6. The van der Waals surface area contributed by atoms with Crippen molar-refractivity contribution in [2.24, 2.45) is 5.92 Å². The molecule has 0 aliphatic carbocycles. The van der Waals surface area contributed by atoms with Gasteiger partial charge in [-0.15, -0.1) is 0 Å². The van der Waals surface area contributed by atoms with Crippen molar-refractivity contribution in [2.75, 3.05) is 24.6 Å². The molecule has 0 spiro atoms. The van der Waals surface area contributed by atoms with Gasteiger partial charge >= 0.3 is 0 Å². The highest BCUT2D eigenvalue weighted by Crippen LogP contribution is 2.17. The highest BCUT2D eigenvalue weighted by molar-refractivity contribution is 7.91. The molecule has 0 aromatic rings. The van der Waals surface area contributed by atoms with Crippen LogP contribution in [0.25, 0.3) is 0 Å². The predicted octanol–water partition coefficient (Wildman–Crippen LogP) is 1.16. The molecular weight excluding hydrogens is 238 g/mol. The maximum atomic E-state index is 11.7. The fourth-order valence-electron chi connectivity index (χ4n) is 2.19. The maximum absolute atomic E-state index is 11.7. The Bertz CT molecular complexity index is 332. The van der Waals surface area contributed by atoms with Gasteiger partial charge in [0, 0.05) is 18.6 Å². The lowest BCUT2D eigenvalue weighted by Gasteiger charge is -2.21. The van der Waals surface area contributed by atoms with E-state index in [2.05, 4.69) is 5.32 Å². The van der Waals surface area contributed by atoms with Gasteiger partial charge in [0.15, 0.2) is 9.84 Å². The van der Waals surface area contributed by atoms with Gasteiger partial charge in [-0.25, -0.2) is 8.42 Å². The Morgan fingerprint density at radius 2 is 1.88 bits per heavy atom. The summed E-state index contributed by atoms with van der Waals surface area (Å²) in [7, 11) is -3.00. The van der Waals surface area contributed by atoms with Gasteiger partial charge in [0.1, 0.15) is 5.78 Å². The molecule has 4 nitrogen and oxygen atoms in total. The standard InChI is InChI=1S/C12H23NO3S/c1-2-8-17(15,16)9-5-12(14)10-11-3-6-13-7-4-11/h11,13H,2-10H2,1H3. The summed E-state index contributed by atoms with van der Waals surface area (Å²) >= 11 is 0. The minimum atomic E-state index is -3.00. The predicted molar refractivity (Wildman–Crippen MR) is 68.8 cm³/mol. The molecule has 0 saturated carbocycles. The van der Waals surface area contributed by atoms with Crippen LogP contribution < -0.4 is 5.32 Å². The van der Waals surface area contributed by atoms with Crippen molar-refractivity contribution in [3.8, 4) is 0 Å². The van der Waals surface area contributed by atoms with Crippen molar-refractivity contribution < 1.29 is 13.2 Å². The third-order valence-corrected chi connectivity index (χ3v) is 5.04. The van der Waals surface area contributed by atoms with Crippen molar-refractivity contribution in [1.82, 2.24) is 5.32 Å². The Balaban J connectivity index is 2.25. The molecule has 0 radical (unpaired) electrons. The van der Waals surface area contributed by atoms with Crippen LogP contribution in [0.3, 0.4) is 0 Å². The van der Waals surface area contributed by atoms with E-state index in [0.29, 0.717) is 18.8 Å². The van der Waals surface area contributed by atoms with Crippen LogP contribution in [-0.2, 0) is 14.6 Å². The summed E-state index contributed by atoms with van der Waals surface area (Å²) in [5, 5.41) is 3.25. The molecule has 0 bridgehead atoms. The molecule has 100 valence electrons. The topological polar surface area (TPSA) is 63.2 Å². The van der Waals surface area contributed by atoms with Gasteiger partial charge in [0.05, 0.1) is 5.75 Å². The molecule has 1 N–H and O–H groups in total. The lowest BCUT2D eigenvalue weighted by atomic mass is 9.92. The zero-order valence-corrected chi connectivity index (χ0v) is 11.4. The number of piperidine rings is 1. The molecular formula is C12H23NO3S. The van der Waals surface area contributed by atoms with Crippen LogP contribution in [0.1, 0.15) is 39.0 Å². The van der Waals surface area contributed by atoms with E-state index in [1.165, 1.54) is 0 Å². The van der Waals surface area contributed by atoms with Crippen molar-refractivity contribution >= 4 is 15.6 Å². The van der Waals surface area contributed by atoms with Gasteiger partial charge in [0.25, 0.3) is 0 Å². The van der Waals surface area contributed by atoms with E-state index in [1.807, 2.05) is 6.92 Å². The first-order valence-electron chi connectivity index (χ1n) is 6.46. The van der Waals surface area contributed by atoms with Crippen LogP contribution in [0.5, 0.6) is 0 Å². The first kappa shape index (κ1) is 14.6. The van der Waals surface area contributed by atoms with Crippen molar-refractivity contribution in [3.05, 3.63) is 0 Å². The second-order valence-electron chi connectivity index (χ2n) is 4.84. The Morgan fingerprint density at radius 1 is 1.24 bits per heavy atom. The summed E-state index contributed by atoms with van der Waals surface area (Å²) in [5.41, 5.74) is 0. The van der Waals surface area contributed by atoms with Gasteiger partial charge in [-0.05, 0) is 38.3 Å². The van der Waals surface area contributed by atoms with E-state index in [0.717, 1.165) is 25.9 Å². The van der Waals surface area contributed by atoms with Gasteiger partial charge in [-0.1, -0.05) is 6.92 Å². The van der Waals surface area contributed by atoms with Crippen molar-refractivity contribution in [1.29, 1.82) is 0 Å². The summed E-state index contributed by atoms with van der Waals surface area (Å²) in [6.45, 7) is 3.80. The van der Waals surface area contributed by atoms with Gasteiger partial charge in [-0.2, -0.15) is 0 Å². The SMILES string of the molecule is CCCS(=O)(=O)CCC(=O)CC1CCNCC1. The molecule has 1 rings (SSSR count). The number of sulfone groups is 1. The van der Waals surface area contributed by atoms with E-state index in [4.69, 9.17) is 0 Å². The van der Waals surface area contributed by atoms with E-state index in [-0.39, 0.29) is 23.7 Å². The second-order valence-corrected chi connectivity index (χ2v) is 7.14. The molecule has 0 amide bonds. The average molecular weight is 261 g/mol. The number of carbonyl (C=O) groups is 1. The van der Waals surface area contributed by atoms with Gasteiger partial charge < -0.3 is 5.32 Å². The summed E-state index contributed by atoms with van der Waals surface area (Å²) < 4.78 is 22.9. The Morgan fingerprint density at radius 3 is 2.47 bits per heavy atom. The van der Waals surface area contributed by atoms with Crippen LogP contribution >= 0.6 is 0 Å². The third kappa shape index (κ3) is 6.17. The van der Waals surface area contributed by atoms with E-state index in [1.54, 1.807) is 0 Å². The number of ketones is 1. The first-order chi connectivity index (χ1) is 8.03. The largest absolute Gasteiger partial charge is 0.317 e. The molecule has 1 saturated heterocycles. The summed E-state index contributed by atoms with van der Waals surface area (Å²) in [5.74, 6) is 0.798. The minimum absolute atomic E-state index is 0.0324. The highest BCUT2D eigenvalue weighted by atomic mass is 32.2. The van der Waals surface area contributed by atoms with Crippen molar-refractivity contribution in [2.45, 2.75) is 39.0 Å². The van der Waals surface area contributed by atoms with Crippen molar-refractivity contribution in [3.63, 3.8) is 0 Å². The van der Waals surface area contributed by atoms with Crippen LogP contribution in [0.4, 0.5) is 0 Å². The lowest BCUT2D eigenvalue weighted by Crippen LogP contribution is -2.29. The smallest absolute Gasteiger partial charge is 0.150 e. The number of hydrogen-bond donors (Lipinski definition) is 1. The molecule has 1 heterocycles. The molecule has 0 aromatic carbocycles. The molecule has 17 heavy (non-hydrogen) atoms. The molecule has 1 aliphatic rings. The lowest BCUT2D eigenvalue weighted by molar-refractivity contribution is -0.119. The third-order valence-electron chi connectivity index (χ3n) is 3.18. The summed E-state index contributed by atoms with van der Waals surface area (Å²) in [6, 6.07) is 0. The maximum Gasteiger partial charge on any atom is 0.150 e. The number of nitrogens with one attached hydrogen (secondary N) is 1. The molecule has 1 aliphatic heterocycles. The summed E-state index contributed by atoms with van der Waals surface area (Å²) in [4.78, 5) is 11.7. The first-order valence-corrected chi connectivity index (χ1v) is 8.28. The molecule has 0 atom stereocenters. The number of rotatable bonds is 7. The molecule has 0 aromatic heterocycles.